The number of carbonyl (C=O) groups excluding carboxylic acids is 2. The van der Waals surface area contributed by atoms with Crippen molar-refractivity contribution in [3.8, 4) is 0 Å². The molecule has 72 valence electrons. The van der Waals surface area contributed by atoms with E-state index in [9.17, 15) is 9.59 Å². The minimum absolute atomic E-state index is 0.125. The molecule has 0 aliphatic carbocycles. The average Bonchev–Trinajstić information content (AvgIpc) is 2.11. The highest BCUT2D eigenvalue weighted by Gasteiger charge is 2.09. The molecule has 1 rings (SSSR count). The van der Waals surface area contributed by atoms with Crippen molar-refractivity contribution in [1.29, 1.82) is 0 Å². The largest absolute Gasteiger partial charge is 0.294 e. The number of halogens is 1. The number of hydrogen-bond acceptors (Lipinski definition) is 3. The monoisotopic (exact) mass is 253 g/mol. The highest BCUT2D eigenvalue weighted by atomic mass is 79.9. The Morgan fingerprint density at radius 3 is 2.64 bits per heavy atom. The number of isocyanates is 1. The number of ketones is 1. The van der Waals surface area contributed by atoms with Crippen LogP contribution in [0.4, 0.5) is 5.69 Å². The summed E-state index contributed by atoms with van der Waals surface area (Å²) in [7, 11) is 0. The van der Waals surface area contributed by atoms with Crippen molar-refractivity contribution in [2.75, 3.05) is 0 Å². The summed E-state index contributed by atoms with van der Waals surface area (Å²) >= 11 is 3.31. The standard InChI is InChI=1S/C10H8BrNO2/c1-6-3-10(12-5-13)8(7(2)14)4-9(6)11/h3-4H,1-2H3. The number of benzene rings is 1. The van der Waals surface area contributed by atoms with Crippen molar-refractivity contribution in [3.63, 3.8) is 0 Å². The van der Waals surface area contributed by atoms with Gasteiger partial charge in [-0.1, -0.05) is 15.9 Å². The van der Waals surface area contributed by atoms with Gasteiger partial charge >= 0.3 is 0 Å². The summed E-state index contributed by atoms with van der Waals surface area (Å²) in [5.74, 6) is -0.125. The van der Waals surface area contributed by atoms with E-state index in [0.717, 1.165) is 10.0 Å². The van der Waals surface area contributed by atoms with Crippen LogP contribution in [0.3, 0.4) is 0 Å². The lowest BCUT2D eigenvalue weighted by Crippen LogP contribution is -1.93. The molecule has 14 heavy (non-hydrogen) atoms. The summed E-state index contributed by atoms with van der Waals surface area (Å²) in [6, 6.07) is 3.33. The lowest BCUT2D eigenvalue weighted by Gasteiger charge is -2.04. The molecule has 3 nitrogen and oxygen atoms in total. The van der Waals surface area contributed by atoms with Crippen molar-refractivity contribution in [2.24, 2.45) is 4.99 Å². The Kier molecular flexibility index (Phi) is 3.33. The van der Waals surface area contributed by atoms with Gasteiger partial charge < -0.3 is 0 Å². The zero-order valence-electron chi connectivity index (χ0n) is 7.80. The number of hydrogen-bond donors (Lipinski definition) is 0. The van der Waals surface area contributed by atoms with Crippen molar-refractivity contribution >= 4 is 33.5 Å². The first-order valence-corrected chi connectivity index (χ1v) is 4.74. The first-order chi connectivity index (χ1) is 6.56. The number of rotatable bonds is 2. The summed E-state index contributed by atoms with van der Waals surface area (Å²) in [6.07, 6.45) is 1.43. The zero-order chi connectivity index (χ0) is 10.7. The minimum atomic E-state index is -0.125. The number of Topliss-reactive ketones (excluding diaryl/α,β-unsaturated/α-hetero) is 1. The molecule has 1 aromatic rings. The molecule has 0 N–H and O–H groups in total. The number of aliphatic imine (C=N–C) groups is 1. The van der Waals surface area contributed by atoms with E-state index in [-0.39, 0.29) is 5.78 Å². The number of nitrogens with zero attached hydrogens (tertiary/aromatic N) is 1. The third kappa shape index (κ3) is 2.16. The van der Waals surface area contributed by atoms with Crippen LogP contribution < -0.4 is 0 Å². The highest BCUT2D eigenvalue weighted by Crippen LogP contribution is 2.27. The molecule has 0 atom stereocenters. The van der Waals surface area contributed by atoms with Crippen LogP contribution in [0.25, 0.3) is 0 Å². The normalized spacial score (nSPS) is 9.36. The lowest BCUT2D eigenvalue weighted by atomic mass is 10.1. The van der Waals surface area contributed by atoms with Crippen molar-refractivity contribution in [3.05, 3.63) is 27.7 Å². The van der Waals surface area contributed by atoms with E-state index in [1.165, 1.54) is 13.0 Å². The smallest absolute Gasteiger partial charge is 0.240 e. The fourth-order valence-electron chi connectivity index (χ4n) is 1.09. The zero-order valence-corrected chi connectivity index (χ0v) is 9.38. The predicted molar refractivity (Wildman–Crippen MR) is 56.7 cm³/mol. The van der Waals surface area contributed by atoms with Gasteiger partial charge in [-0.25, -0.2) is 4.79 Å². The first-order valence-electron chi connectivity index (χ1n) is 3.95. The average molecular weight is 254 g/mol. The Morgan fingerprint density at radius 2 is 2.14 bits per heavy atom. The third-order valence-corrected chi connectivity index (χ3v) is 2.68. The van der Waals surface area contributed by atoms with Crippen LogP contribution in [-0.2, 0) is 4.79 Å². The second-order valence-electron chi connectivity index (χ2n) is 2.88. The van der Waals surface area contributed by atoms with Crippen molar-refractivity contribution in [2.45, 2.75) is 13.8 Å². The van der Waals surface area contributed by atoms with Gasteiger partial charge in [0.2, 0.25) is 6.08 Å². The van der Waals surface area contributed by atoms with E-state index in [1.54, 1.807) is 12.1 Å². The van der Waals surface area contributed by atoms with Gasteiger partial charge in [0.1, 0.15) is 0 Å². The van der Waals surface area contributed by atoms with E-state index in [0.29, 0.717) is 11.3 Å². The van der Waals surface area contributed by atoms with Gasteiger partial charge in [0.15, 0.2) is 5.78 Å². The Balaban J connectivity index is 3.45. The van der Waals surface area contributed by atoms with Gasteiger partial charge in [0, 0.05) is 10.0 Å². The van der Waals surface area contributed by atoms with Gasteiger partial charge in [0.25, 0.3) is 0 Å². The summed E-state index contributed by atoms with van der Waals surface area (Å²) in [6.45, 7) is 3.29. The molecule has 0 spiro atoms. The van der Waals surface area contributed by atoms with Crippen LogP contribution in [0.5, 0.6) is 0 Å². The van der Waals surface area contributed by atoms with Gasteiger partial charge in [0.05, 0.1) is 5.69 Å². The van der Waals surface area contributed by atoms with E-state index in [2.05, 4.69) is 20.9 Å². The van der Waals surface area contributed by atoms with Crippen LogP contribution in [0.15, 0.2) is 21.6 Å². The van der Waals surface area contributed by atoms with E-state index in [4.69, 9.17) is 0 Å². The Bertz CT molecular complexity index is 407. The second-order valence-corrected chi connectivity index (χ2v) is 3.73. The van der Waals surface area contributed by atoms with Gasteiger partial charge in [-0.05, 0) is 31.5 Å². The molecular formula is C10H8BrNO2. The summed E-state index contributed by atoms with van der Waals surface area (Å²) < 4.78 is 0.826. The summed E-state index contributed by atoms with van der Waals surface area (Å²) in [5, 5.41) is 0. The highest BCUT2D eigenvalue weighted by molar-refractivity contribution is 9.10. The number of carbonyl (C=O) groups is 1. The molecule has 0 aliphatic rings. The summed E-state index contributed by atoms with van der Waals surface area (Å²) in [5.41, 5.74) is 1.71. The maximum atomic E-state index is 11.2. The van der Waals surface area contributed by atoms with Crippen LogP contribution in [0.2, 0.25) is 0 Å². The Labute approximate surface area is 90.0 Å². The van der Waals surface area contributed by atoms with Gasteiger partial charge in [-0.3, -0.25) is 4.79 Å². The molecule has 0 saturated carbocycles. The first kappa shape index (κ1) is 10.8. The third-order valence-electron chi connectivity index (χ3n) is 1.82. The van der Waals surface area contributed by atoms with Crippen molar-refractivity contribution in [1.82, 2.24) is 0 Å². The van der Waals surface area contributed by atoms with Crippen LogP contribution in [-0.4, -0.2) is 11.9 Å². The number of aryl methyl sites for hydroxylation is 1. The maximum Gasteiger partial charge on any atom is 0.240 e. The van der Waals surface area contributed by atoms with Crippen molar-refractivity contribution < 1.29 is 9.59 Å². The molecule has 0 heterocycles. The summed E-state index contributed by atoms with van der Waals surface area (Å²) in [4.78, 5) is 24.8. The van der Waals surface area contributed by atoms with Gasteiger partial charge in [-0.2, -0.15) is 4.99 Å². The predicted octanol–water partition coefficient (Wildman–Crippen LogP) is 2.93. The molecule has 0 radical (unpaired) electrons. The Hall–Kier alpha value is -1.25. The molecule has 0 unspecified atom stereocenters. The topological polar surface area (TPSA) is 46.5 Å². The van der Waals surface area contributed by atoms with Crippen LogP contribution >= 0.6 is 15.9 Å². The lowest BCUT2D eigenvalue weighted by molar-refractivity contribution is 0.101. The fourth-order valence-corrected chi connectivity index (χ4v) is 1.43. The molecular weight excluding hydrogens is 246 g/mol. The SMILES string of the molecule is CC(=O)c1cc(Br)c(C)cc1N=C=O. The molecule has 1 aromatic carbocycles. The molecule has 4 heteroatoms. The minimum Gasteiger partial charge on any atom is -0.294 e. The molecule has 0 amide bonds. The molecule has 0 bridgehead atoms. The van der Waals surface area contributed by atoms with Gasteiger partial charge in [-0.15, -0.1) is 0 Å². The maximum absolute atomic E-state index is 11.2. The second kappa shape index (κ2) is 4.31. The van der Waals surface area contributed by atoms with E-state index < -0.39 is 0 Å². The van der Waals surface area contributed by atoms with E-state index >= 15 is 0 Å². The van der Waals surface area contributed by atoms with E-state index in [1.807, 2.05) is 6.92 Å². The fraction of sp³-hybridized carbons (Fsp3) is 0.200. The molecule has 0 fully saturated rings. The molecule has 0 aliphatic heterocycles. The molecule has 0 aromatic heterocycles. The molecule has 0 saturated heterocycles. The van der Waals surface area contributed by atoms with Crippen LogP contribution in [0.1, 0.15) is 22.8 Å². The van der Waals surface area contributed by atoms with Crippen LogP contribution in [0, 0.1) is 6.92 Å². The quantitative estimate of drug-likeness (QED) is 0.462. The Morgan fingerprint density at radius 1 is 1.50 bits per heavy atom.